The first-order valence-electron chi connectivity index (χ1n) is 8.51. The van der Waals surface area contributed by atoms with Crippen molar-refractivity contribution in [1.29, 1.82) is 0 Å². The van der Waals surface area contributed by atoms with Crippen molar-refractivity contribution in [3.05, 3.63) is 54.6 Å². The van der Waals surface area contributed by atoms with Crippen LogP contribution in [0.5, 0.6) is 0 Å². The van der Waals surface area contributed by atoms with E-state index in [0.717, 1.165) is 37.1 Å². The summed E-state index contributed by atoms with van der Waals surface area (Å²) < 4.78 is 0. The zero-order valence-corrected chi connectivity index (χ0v) is 13.7. The summed E-state index contributed by atoms with van der Waals surface area (Å²) in [4.78, 5) is 14.5. The first kappa shape index (κ1) is 15.6. The maximum atomic E-state index is 12.5. The van der Waals surface area contributed by atoms with Crippen LogP contribution in [0.2, 0.25) is 0 Å². The lowest BCUT2D eigenvalue weighted by molar-refractivity contribution is 0.160. The van der Waals surface area contributed by atoms with Gasteiger partial charge in [-0.15, -0.1) is 0 Å². The predicted molar refractivity (Wildman–Crippen MR) is 95.5 cm³/mol. The van der Waals surface area contributed by atoms with E-state index in [0.29, 0.717) is 6.04 Å². The van der Waals surface area contributed by atoms with Crippen LogP contribution in [0.3, 0.4) is 0 Å². The van der Waals surface area contributed by atoms with Crippen molar-refractivity contribution in [3.63, 3.8) is 0 Å². The number of piperidine rings is 1. The van der Waals surface area contributed by atoms with Gasteiger partial charge in [0.05, 0.1) is 0 Å². The van der Waals surface area contributed by atoms with Gasteiger partial charge in [0.25, 0.3) is 0 Å². The topological polar surface area (TPSA) is 32.3 Å². The average Bonchev–Trinajstić information content (AvgIpc) is 2.63. The highest BCUT2D eigenvalue weighted by atomic mass is 16.2. The molecule has 2 aromatic carbocycles. The average molecular weight is 308 g/mol. The number of rotatable bonds is 3. The summed E-state index contributed by atoms with van der Waals surface area (Å²) in [5, 5.41) is 3.04. The number of nitrogens with one attached hydrogen (secondary N) is 1. The number of likely N-dealkylation sites (tertiary alicyclic amines) is 1. The SMILES string of the molecule is CCC1CCCCN1C(=O)Nc1ccc(-c2ccccc2)cc1. The largest absolute Gasteiger partial charge is 0.322 e. The van der Waals surface area contributed by atoms with E-state index < -0.39 is 0 Å². The van der Waals surface area contributed by atoms with Crippen molar-refractivity contribution in [1.82, 2.24) is 4.90 Å². The minimum absolute atomic E-state index is 0.0315. The van der Waals surface area contributed by atoms with Crippen molar-refractivity contribution in [2.24, 2.45) is 0 Å². The van der Waals surface area contributed by atoms with Gasteiger partial charge >= 0.3 is 6.03 Å². The van der Waals surface area contributed by atoms with E-state index in [2.05, 4.69) is 36.5 Å². The van der Waals surface area contributed by atoms with Gasteiger partial charge in [-0.1, -0.05) is 49.4 Å². The molecular formula is C20H24N2O. The Morgan fingerprint density at radius 1 is 1.04 bits per heavy atom. The molecule has 1 atom stereocenters. The zero-order valence-electron chi connectivity index (χ0n) is 13.7. The Balaban J connectivity index is 1.67. The fraction of sp³-hybridized carbons (Fsp3) is 0.350. The van der Waals surface area contributed by atoms with E-state index >= 15 is 0 Å². The monoisotopic (exact) mass is 308 g/mol. The molecular weight excluding hydrogens is 284 g/mol. The molecule has 2 amide bonds. The van der Waals surface area contributed by atoms with Crippen LogP contribution in [0.15, 0.2) is 54.6 Å². The van der Waals surface area contributed by atoms with E-state index in [-0.39, 0.29) is 6.03 Å². The Kier molecular flexibility index (Phi) is 4.96. The fourth-order valence-electron chi connectivity index (χ4n) is 3.26. The molecule has 0 aromatic heterocycles. The summed E-state index contributed by atoms with van der Waals surface area (Å²) in [6.07, 6.45) is 4.49. The van der Waals surface area contributed by atoms with Gasteiger partial charge in [-0.2, -0.15) is 0 Å². The molecule has 0 saturated carbocycles. The molecule has 3 nitrogen and oxygen atoms in total. The van der Waals surface area contributed by atoms with Crippen LogP contribution in [0.25, 0.3) is 11.1 Å². The summed E-state index contributed by atoms with van der Waals surface area (Å²) in [7, 11) is 0. The number of hydrogen-bond donors (Lipinski definition) is 1. The third-order valence-electron chi connectivity index (χ3n) is 4.60. The first-order chi connectivity index (χ1) is 11.3. The summed E-state index contributed by atoms with van der Waals surface area (Å²) in [6, 6.07) is 18.7. The highest BCUT2D eigenvalue weighted by Gasteiger charge is 2.25. The number of amides is 2. The van der Waals surface area contributed by atoms with Crippen LogP contribution in [0.4, 0.5) is 10.5 Å². The van der Waals surface area contributed by atoms with Gasteiger partial charge in [0.15, 0.2) is 0 Å². The van der Waals surface area contributed by atoms with Gasteiger partial charge in [-0.3, -0.25) is 0 Å². The molecule has 23 heavy (non-hydrogen) atoms. The molecule has 3 heteroatoms. The quantitative estimate of drug-likeness (QED) is 0.835. The second-order valence-electron chi connectivity index (χ2n) is 6.12. The molecule has 1 saturated heterocycles. The molecule has 1 N–H and O–H groups in total. The van der Waals surface area contributed by atoms with Crippen molar-refractivity contribution in [2.75, 3.05) is 11.9 Å². The van der Waals surface area contributed by atoms with Gasteiger partial charge in [0.2, 0.25) is 0 Å². The van der Waals surface area contributed by atoms with Gasteiger partial charge in [0, 0.05) is 18.3 Å². The lowest BCUT2D eigenvalue weighted by atomic mass is 10.0. The molecule has 1 aliphatic rings. The molecule has 1 heterocycles. The number of carbonyl (C=O) groups excluding carboxylic acids is 1. The second kappa shape index (κ2) is 7.32. The zero-order chi connectivity index (χ0) is 16.1. The lowest BCUT2D eigenvalue weighted by Gasteiger charge is -2.35. The summed E-state index contributed by atoms with van der Waals surface area (Å²) >= 11 is 0. The summed E-state index contributed by atoms with van der Waals surface area (Å²) in [5.74, 6) is 0. The third kappa shape index (κ3) is 3.73. The van der Waals surface area contributed by atoms with Crippen LogP contribution in [-0.4, -0.2) is 23.5 Å². The molecule has 120 valence electrons. The van der Waals surface area contributed by atoms with Gasteiger partial charge in [0.1, 0.15) is 0 Å². The maximum Gasteiger partial charge on any atom is 0.322 e. The van der Waals surface area contributed by atoms with Crippen molar-refractivity contribution in [2.45, 2.75) is 38.6 Å². The minimum Gasteiger partial charge on any atom is -0.322 e. The second-order valence-corrected chi connectivity index (χ2v) is 6.12. The molecule has 1 unspecified atom stereocenters. The molecule has 2 aromatic rings. The Morgan fingerprint density at radius 3 is 2.43 bits per heavy atom. The molecule has 1 fully saturated rings. The lowest BCUT2D eigenvalue weighted by Crippen LogP contribution is -2.45. The molecule has 0 bridgehead atoms. The minimum atomic E-state index is 0.0315. The normalized spacial score (nSPS) is 17.8. The highest BCUT2D eigenvalue weighted by Crippen LogP contribution is 2.23. The smallest absolute Gasteiger partial charge is 0.322 e. The Labute approximate surface area is 138 Å². The highest BCUT2D eigenvalue weighted by molar-refractivity contribution is 5.90. The number of nitrogens with zero attached hydrogens (tertiary/aromatic N) is 1. The molecule has 0 spiro atoms. The fourth-order valence-corrected chi connectivity index (χ4v) is 3.26. The molecule has 3 rings (SSSR count). The summed E-state index contributed by atoms with van der Waals surface area (Å²) in [5.41, 5.74) is 3.20. The van der Waals surface area contributed by atoms with E-state index in [1.54, 1.807) is 0 Å². The first-order valence-corrected chi connectivity index (χ1v) is 8.51. The van der Waals surface area contributed by atoms with Crippen LogP contribution in [-0.2, 0) is 0 Å². The van der Waals surface area contributed by atoms with Crippen LogP contribution >= 0.6 is 0 Å². The number of benzene rings is 2. The van der Waals surface area contributed by atoms with Crippen molar-refractivity contribution in [3.8, 4) is 11.1 Å². The van der Waals surface area contributed by atoms with E-state index in [1.807, 2.05) is 35.2 Å². The Hall–Kier alpha value is -2.29. The van der Waals surface area contributed by atoms with E-state index in [1.165, 1.54) is 12.0 Å². The van der Waals surface area contributed by atoms with Crippen molar-refractivity contribution >= 4 is 11.7 Å². The van der Waals surface area contributed by atoms with Gasteiger partial charge < -0.3 is 10.2 Å². The van der Waals surface area contributed by atoms with Gasteiger partial charge in [-0.25, -0.2) is 4.79 Å². The van der Waals surface area contributed by atoms with Crippen LogP contribution in [0.1, 0.15) is 32.6 Å². The molecule has 0 radical (unpaired) electrons. The van der Waals surface area contributed by atoms with Gasteiger partial charge in [-0.05, 0) is 48.9 Å². The maximum absolute atomic E-state index is 12.5. The number of hydrogen-bond acceptors (Lipinski definition) is 1. The summed E-state index contributed by atoms with van der Waals surface area (Å²) in [6.45, 7) is 3.03. The number of anilines is 1. The number of carbonyl (C=O) groups is 1. The predicted octanol–water partition coefficient (Wildman–Crippen LogP) is 5.15. The van der Waals surface area contributed by atoms with Crippen molar-refractivity contribution < 1.29 is 4.79 Å². The third-order valence-corrected chi connectivity index (χ3v) is 4.60. The van der Waals surface area contributed by atoms with Crippen LogP contribution < -0.4 is 5.32 Å². The van der Waals surface area contributed by atoms with E-state index in [9.17, 15) is 4.79 Å². The molecule has 0 aliphatic carbocycles. The Morgan fingerprint density at radius 2 is 1.74 bits per heavy atom. The van der Waals surface area contributed by atoms with Crippen LogP contribution in [0, 0.1) is 0 Å². The standard InChI is InChI=1S/C20H24N2O/c1-2-19-10-6-7-15-22(19)20(23)21-18-13-11-17(12-14-18)16-8-4-3-5-9-16/h3-5,8-9,11-14,19H,2,6-7,10,15H2,1H3,(H,21,23). The van der Waals surface area contributed by atoms with E-state index in [4.69, 9.17) is 0 Å². The number of urea groups is 1. The Bertz CT molecular complexity index is 636. The molecule has 1 aliphatic heterocycles.